The summed E-state index contributed by atoms with van der Waals surface area (Å²) in [7, 11) is 0. The highest BCUT2D eigenvalue weighted by molar-refractivity contribution is 5.94. The van der Waals surface area contributed by atoms with Gasteiger partial charge in [-0.25, -0.2) is 9.37 Å². The average Bonchev–Trinajstić information content (AvgIpc) is 3.64. The van der Waals surface area contributed by atoms with Gasteiger partial charge in [0.2, 0.25) is 0 Å². The molecule has 4 heterocycles. The molecule has 5 aromatic rings. The highest BCUT2D eigenvalue weighted by atomic mass is 19.1. The number of rotatable bonds is 8. The summed E-state index contributed by atoms with van der Waals surface area (Å²) >= 11 is 0. The fraction of sp³-hybridized carbons (Fsp3) is 0.206. The van der Waals surface area contributed by atoms with Gasteiger partial charge in [-0.2, -0.15) is 5.10 Å². The second kappa shape index (κ2) is 11.8. The van der Waals surface area contributed by atoms with E-state index in [2.05, 4.69) is 61.8 Å². The predicted molar refractivity (Wildman–Crippen MR) is 167 cm³/mol. The van der Waals surface area contributed by atoms with E-state index < -0.39 is 0 Å². The number of anilines is 1. The lowest BCUT2D eigenvalue weighted by atomic mass is 9.96. The Morgan fingerprint density at radius 3 is 2.54 bits per heavy atom. The number of nitrogens with one attached hydrogen (secondary N) is 3. The van der Waals surface area contributed by atoms with Crippen LogP contribution in [-0.4, -0.2) is 25.1 Å². The number of allylic oxidation sites excluding steroid dienone is 3. The SMILES string of the molecule is C=C/C=C(/c1cc(C)cc(F)c1)c1cc(-c2[nH]nc3ncc(-c4cncc(NC(=C)C5CC5)c4)cc23)[nH]c1C.CC. The molecule has 0 unspecified atom stereocenters. The summed E-state index contributed by atoms with van der Waals surface area (Å²) in [5.41, 5.74) is 10.6. The van der Waals surface area contributed by atoms with Gasteiger partial charge in [0.25, 0.3) is 0 Å². The van der Waals surface area contributed by atoms with Gasteiger partial charge < -0.3 is 10.3 Å². The number of halogens is 1. The van der Waals surface area contributed by atoms with Crippen LogP contribution in [0.2, 0.25) is 0 Å². The zero-order valence-electron chi connectivity index (χ0n) is 24.0. The van der Waals surface area contributed by atoms with Crippen LogP contribution in [0.1, 0.15) is 49.1 Å². The third-order valence-corrected chi connectivity index (χ3v) is 7.07. The van der Waals surface area contributed by atoms with Gasteiger partial charge >= 0.3 is 0 Å². The van der Waals surface area contributed by atoms with Crippen LogP contribution < -0.4 is 5.32 Å². The van der Waals surface area contributed by atoms with E-state index in [9.17, 15) is 4.39 Å². The highest BCUT2D eigenvalue weighted by Gasteiger charge is 2.24. The minimum Gasteiger partial charge on any atom is -0.358 e. The summed E-state index contributed by atoms with van der Waals surface area (Å²) in [5.74, 6) is 0.290. The van der Waals surface area contributed by atoms with Crippen LogP contribution in [-0.2, 0) is 0 Å². The maximum absolute atomic E-state index is 14.3. The Morgan fingerprint density at radius 1 is 1.02 bits per heavy atom. The molecular weight excluding hydrogens is 511 g/mol. The van der Waals surface area contributed by atoms with E-state index in [-0.39, 0.29) is 5.82 Å². The number of hydrogen-bond donors (Lipinski definition) is 3. The first-order valence-electron chi connectivity index (χ1n) is 14.0. The molecule has 0 bridgehead atoms. The van der Waals surface area contributed by atoms with Crippen LogP contribution >= 0.6 is 0 Å². The van der Waals surface area contributed by atoms with Gasteiger partial charge in [0.15, 0.2) is 5.65 Å². The molecule has 4 aromatic heterocycles. The van der Waals surface area contributed by atoms with Gasteiger partial charge in [0, 0.05) is 45.9 Å². The molecule has 0 aliphatic heterocycles. The lowest BCUT2D eigenvalue weighted by Gasteiger charge is -2.09. The third-order valence-electron chi connectivity index (χ3n) is 7.07. The number of aromatic amines is 2. The minimum absolute atomic E-state index is 0.267. The quantitative estimate of drug-likeness (QED) is 0.170. The monoisotopic (exact) mass is 546 g/mol. The molecule has 6 nitrogen and oxygen atoms in total. The summed E-state index contributed by atoms with van der Waals surface area (Å²) in [5, 5.41) is 11.9. The summed E-state index contributed by atoms with van der Waals surface area (Å²) < 4.78 is 14.3. The van der Waals surface area contributed by atoms with Crippen LogP contribution in [0.4, 0.5) is 10.1 Å². The number of pyridine rings is 2. The minimum atomic E-state index is -0.267. The first-order valence-corrected chi connectivity index (χ1v) is 14.0. The summed E-state index contributed by atoms with van der Waals surface area (Å²) in [6.45, 7) is 15.9. The lowest BCUT2D eigenvalue weighted by Crippen LogP contribution is -2.00. The van der Waals surface area contributed by atoms with Gasteiger partial charge in [-0.15, -0.1) is 0 Å². The Hall–Kier alpha value is -4.78. The number of benzene rings is 1. The van der Waals surface area contributed by atoms with E-state index in [1.165, 1.54) is 18.9 Å². The molecule has 1 aliphatic rings. The van der Waals surface area contributed by atoms with E-state index in [0.29, 0.717) is 11.6 Å². The standard InChI is InChI=1S/C32H29FN6.C2H6/c1-5-6-27(22-9-18(2)10-25(33)11-22)28-14-30(37-20(28)4)31-29-13-24(16-35-32(29)39-38-31)23-12-26(17-34-15-23)36-19(3)21-7-8-21;1-2/h5-6,9-17,21,36-37H,1,3,7-8H2,2,4H3,(H,35,38,39);1-2H3/b27-6-;. The largest absolute Gasteiger partial charge is 0.358 e. The van der Waals surface area contributed by atoms with Crippen LogP contribution in [0.3, 0.4) is 0 Å². The van der Waals surface area contributed by atoms with E-state index >= 15 is 0 Å². The van der Waals surface area contributed by atoms with Crippen molar-refractivity contribution in [3.05, 3.63) is 114 Å². The fourth-order valence-electron chi connectivity index (χ4n) is 4.97. The molecule has 0 spiro atoms. The summed E-state index contributed by atoms with van der Waals surface area (Å²) in [6.07, 6.45) is 11.5. The van der Waals surface area contributed by atoms with E-state index in [1.54, 1.807) is 12.1 Å². The Morgan fingerprint density at radius 2 is 1.80 bits per heavy atom. The Kier molecular flexibility index (Phi) is 7.97. The molecule has 0 radical (unpaired) electrons. The van der Waals surface area contributed by atoms with Crippen LogP contribution in [0.5, 0.6) is 0 Å². The maximum atomic E-state index is 14.3. The molecule has 1 aromatic carbocycles. The van der Waals surface area contributed by atoms with E-state index in [1.807, 2.05) is 58.4 Å². The van der Waals surface area contributed by atoms with Crippen molar-refractivity contribution in [1.82, 2.24) is 25.1 Å². The van der Waals surface area contributed by atoms with Crippen molar-refractivity contribution in [2.45, 2.75) is 40.5 Å². The number of nitrogens with zero attached hydrogens (tertiary/aromatic N) is 3. The second-order valence-corrected chi connectivity index (χ2v) is 10.1. The molecule has 6 rings (SSSR count). The first-order chi connectivity index (χ1) is 19.9. The Bertz CT molecular complexity index is 1750. The smallest absolute Gasteiger partial charge is 0.181 e. The van der Waals surface area contributed by atoms with Gasteiger partial charge in [-0.3, -0.25) is 10.1 Å². The third kappa shape index (κ3) is 5.89. The summed E-state index contributed by atoms with van der Waals surface area (Å²) in [4.78, 5) is 12.5. The molecule has 0 saturated heterocycles. The predicted octanol–water partition coefficient (Wildman–Crippen LogP) is 8.75. The van der Waals surface area contributed by atoms with Gasteiger partial charge in [0.1, 0.15) is 5.82 Å². The van der Waals surface area contributed by atoms with E-state index in [0.717, 1.165) is 67.2 Å². The van der Waals surface area contributed by atoms with Crippen molar-refractivity contribution in [2.75, 3.05) is 5.32 Å². The van der Waals surface area contributed by atoms with Crippen molar-refractivity contribution in [3.63, 3.8) is 0 Å². The number of H-pyrrole nitrogens is 2. The zero-order valence-corrected chi connectivity index (χ0v) is 24.0. The molecule has 208 valence electrons. The van der Waals surface area contributed by atoms with Crippen molar-refractivity contribution in [2.24, 2.45) is 5.92 Å². The highest BCUT2D eigenvalue weighted by Crippen LogP contribution is 2.37. The molecule has 0 amide bonds. The Balaban J connectivity index is 0.00000165. The number of aromatic nitrogens is 5. The topological polar surface area (TPSA) is 82.3 Å². The van der Waals surface area contributed by atoms with Gasteiger partial charge in [-0.05, 0) is 79.6 Å². The van der Waals surface area contributed by atoms with Crippen molar-refractivity contribution >= 4 is 22.3 Å². The number of aryl methyl sites for hydroxylation is 2. The molecule has 1 fully saturated rings. The van der Waals surface area contributed by atoms with Crippen molar-refractivity contribution < 1.29 is 4.39 Å². The van der Waals surface area contributed by atoms with E-state index in [4.69, 9.17) is 0 Å². The van der Waals surface area contributed by atoms with Crippen LogP contribution in [0.25, 0.3) is 39.1 Å². The Labute approximate surface area is 240 Å². The molecule has 3 N–H and O–H groups in total. The normalized spacial score (nSPS) is 13.0. The average molecular weight is 547 g/mol. The molecular formula is C34H35FN6. The van der Waals surface area contributed by atoms with Crippen molar-refractivity contribution in [1.29, 1.82) is 0 Å². The van der Waals surface area contributed by atoms with Crippen LogP contribution in [0.15, 0.2) is 86.0 Å². The molecule has 1 saturated carbocycles. The maximum Gasteiger partial charge on any atom is 0.181 e. The molecule has 1 aliphatic carbocycles. The lowest BCUT2D eigenvalue weighted by molar-refractivity contribution is 0.626. The van der Waals surface area contributed by atoms with Crippen molar-refractivity contribution in [3.8, 4) is 22.5 Å². The van der Waals surface area contributed by atoms with Gasteiger partial charge in [-0.1, -0.05) is 45.2 Å². The van der Waals surface area contributed by atoms with Crippen LogP contribution in [0, 0.1) is 25.6 Å². The number of hydrogen-bond acceptors (Lipinski definition) is 4. The zero-order chi connectivity index (χ0) is 29.1. The number of fused-ring (bicyclic) bond motifs is 1. The molecule has 41 heavy (non-hydrogen) atoms. The summed E-state index contributed by atoms with van der Waals surface area (Å²) in [6, 6.07) is 11.2. The second-order valence-electron chi connectivity index (χ2n) is 10.1. The molecule has 0 atom stereocenters. The fourth-order valence-corrected chi connectivity index (χ4v) is 4.97. The molecule has 7 heteroatoms. The first kappa shape index (κ1) is 27.8. The van der Waals surface area contributed by atoms with Gasteiger partial charge in [0.05, 0.1) is 23.3 Å².